The number of hydrogen-bond acceptors (Lipinski definition) is 19. The van der Waals surface area contributed by atoms with Crippen LogP contribution in [-0.4, -0.2) is 164 Å². The zero-order valence-corrected chi connectivity index (χ0v) is 44.4. The molecule has 2 heterocycles. The number of fused-ring (bicyclic) bond motifs is 2. The minimum absolute atomic E-state index is 0.0350. The van der Waals surface area contributed by atoms with Crippen LogP contribution in [-0.2, 0) is 79.8 Å². The maximum Gasteiger partial charge on any atom is 0.303 e. The van der Waals surface area contributed by atoms with Crippen molar-refractivity contribution in [1.29, 1.82) is 0 Å². The topological polar surface area (TPSA) is 318 Å². The van der Waals surface area contributed by atoms with Gasteiger partial charge in [-0.25, -0.2) is 33.7 Å². The van der Waals surface area contributed by atoms with Crippen molar-refractivity contribution < 1.29 is 90.0 Å². The van der Waals surface area contributed by atoms with E-state index in [0.29, 0.717) is 99.4 Å². The quantitative estimate of drug-likeness (QED) is 0.0438. The molecular formula is C48H65N2O19S4-3. The second kappa shape index (κ2) is 28.1. The Balaban J connectivity index is 1.63. The molecule has 0 amide bonds. The Morgan fingerprint density at radius 1 is 0.630 bits per heavy atom. The third kappa shape index (κ3) is 19.1. The van der Waals surface area contributed by atoms with E-state index in [2.05, 4.69) is 0 Å². The minimum atomic E-state index is -4.91. The number of aliphatic carboxylic acids is 1. The van der Waals surface area contributed by atoms with Gasteiger partial charge in [0, 0.05) is 72.5 Å². The van der Waals surface area contributed by atoms with Crippen molar-refractivity contribution in [3.8, 4) is 0 Å². The Bertz CT molecular complexity index is 2810. The van der Waals surface area contributed by atoms with Crippen LogP contribution < -0.4 is 4.90 Å². The molecule has 4 rings (SSSR count). The van der Waals surface area contributed by atoms with Gasteiger partial charge in [-0.3, -0.25) is 4.79 Å². The van der Waals surface area contributed by atoms with E-state index in [9.17, 15) is 56.7 Å². The lowest BCUT2D eigenvalue weighted by molar-refractivity contribution is -0.438. The molecule has 2 unspecified atom stereocenters. The number of carbonyl (C=O) groups is 1. The fourth-order valence-electron chi connectivity index (χ4n) is 8.86. The third-order valence-corrected chi connectivity index (χ3v) is 15.6. The molecule has 0 aromatic heterocycles. The van der Waals surface area contributed by atoms with Gasteiger partial charge in [-0.2, -0.15) is 4.58 Å². The lowest BCUT2D eigenvalue weighted by Gasteiger charge is -2.30. The number of carboxylic acids is 1. The monoisotopic (exact) mass is 1100 g/mol. The van der Waals surface area contributed by atoms with Crippen molar-refractivity contribution in [3.05, 3.63) is 95.8 Å². The van der Waals surface area contributed by atoms with E-state index in [0.717, 1.165) is 0 Å². The summed E-state index contributed by atoms with van der Waals surface area (Å²) >= 11 is 0. The summed E-state index contributed by atoms with van der Waals surface area (Å²) in [6.07, 6.45) is 13.3. The van der Waals surface area contributed by atoms with E-state index in [1.54, 1.807) is 63.5 Å². The first-order valence-corrected chi connectivity index (χ1v) is 29.5. The molecule has 21 nitrogen and oxygen atoms in total. The number of unbranched alkanes of at least 4 members (excludes halogenated alkanes) is 2. The molecule has 73 heavy (non-hydrogen) atoms. The number of carboxylic acid groups (broad SMARTS) is 1. The number of methoxy groups -OCH3 is 1. The average molecular weight is 1100 g/mol. The Kier molecular flexibility index (Phi) is 23.6. The summed E-state index contributed by atoms with van der Waals surface area (Å²) < 4.78 is 172. The third-order valence-electron chi connectivity index (χ3n) is 12.4. The zero-order valence-electron chi connectivity index (χ0n) is 41.2. The van der Waals surface area contributed by atoms with Gasteiger partial charge in [0.2, 0.25) is 5.69 Å². The normalized spacial score (nSPS) is 19.1. The molecule has 0 saturated carbocycles. The van der Waals surface area contributed by atoms with Crippen molar-refractivity contribution in [2.24, 2.45) is 0 Å². The second-order valence-electron chi connectivity index (χ2n) is 17.7. The van der Waals surface area contributed by atoms with Crippen LogP contribution in [0.3, 0.4) is 0 Å². The molecule has 2 aromatic carbocycles. The highest BCUT2D eigenvalue weighted by atomic mass is 32.2. The summed E-state index contributed by atoms with van der Waals surface area (Å²) in [5.41, 5.74) is 0.967. The number of benzene rings is 2. The molecule has 0 radical (unpaired) electrons. The van der Waals surface area contributed by atoms with Crippen LogP contribution in [0.5, 0.6) is 0 Å². The molecule has 2 aliphatic heterocycles. The first kappa shape index (κ1) is 61.3. The van der Waals surface area contributed by atoms with Gasteiger partial charge in [-0.1, -0.05) is 30.4 Å². The number of allylic oxidation sites excluding steroid dienone is 8. The van der Waals surface area contributed by atoms with Crippen LogP contribution in [0.4, 0.5) is 11.4 Å². The van der Waals surface area contributed by atoms with Crippen LogP contribution in [0, 0.1) is 0 Å². The summed E-state index contributed by atoms with van der Waals surface area (Å²) in [4.78, 5) is 12.0. The van der Waals surface area contributed by atoms with E-state index < -0.39 is 78.6 Å². The van der Waals surface area contributed by atoms with Crippen molar-refractivity contribution >= 4 is 63.5 Å². The summed E-state index contributed by atoms with van der Waals surface area (Å²) in [7, 11) is -17.4. The van der Waals surface area contributed by atoms with E-state index in [-0.39, 0.29) is 58.5 Å². The van der Waals surface area contributed by atoms with Crippen molar-refractivity contribution in [1.82, 2.24) is 0 Å². The molecule has 408 valence electrons. The van der Waals surface area contributed by atoms with Crippen LogP contribution in [0.25, 0.3) is 0 Å². The van der Waals surface area contributed by atoms with Crippen molar-refractivity contribution in [3.63, 3.8) is 0 Å². The van der Waals surface area contributed by atoms with Gasteiger partial charge in [0.15, 0.2) is 5.71 Å². The molecule has 0 saturated heterocycles. The Hall–Kier alpha value is -4.22. The van der Waals surface area contributed by atoms with Gasteiger partial charge in [0.25, 0.3) is 0 Å². The highest BCUT2D eigenvalue weighted by Gasteiger charge is 2.48. The zero-order chi connectivity index (χ0) is 53.9. The molecule has 1 N–H and O–H groups in total. The van der Waals surface area contributed by atoms with Gasteiger partial charge >= 0.3 is 5.97 Å². The molecule has 0 fully saturated rings. The lowest BCUT2D eigenvalue weighted by Crippen LogP contribution is -2.32. The SMILES string of the molecule is COCCOCCOCCOCCOCCN1/C(=C/C=C/C=C/C=C/C2=[N+](CCCCCC(=O)O)c3ccc(S(=O)(=O)[O-])cc3C2(C)CCCS(=O)(=O)[O-])C(C)(CCCS(=O)(=O)[O-])c2cc(S(=O)(=O)[O-])ccc21. The Morgan fingerprint density at radius 3 is 1.68 bits per heavy atom. The largest absolute Gasteiger partial charge is 0.748 e. The van der Waals surface area contributed by atoms with Gasteiger partial charge < -0.3 is 51.9 Å². The molecule has 2 atom stereocenters. The molecule has 2 aromatic rings. The van der Waals surface area contributed by atoms with Crippen LogP contribution in [0.1, 0.15) is 76.3 Å². The molecule has 25 heteroatoms. The molecule has 0 spiro atoms. The summed E-state index contributed by atoms with van der Waals surface area (Å²) in [6, 6.07) is 7.89. The summed E-state index contributed by atoms with van der Waals surface area (Å²) in [5, 5.41) is 9.14. The number of anilines is 1. The van der Waals surface area contributed by atoms with E-state index in [1.165, 1.54) is 36.4 Å². The fourth-order valence-corrected chi connectivity index (χ4v) is 10.8. The van der Waals surface area contributed by atoms with Crippen LogP contribution in [0.2, 0.25) is 0 Å². The first-order valence-electron chi connectivity index (χ1n) is 23.6. The van der Waals surface area contributed by atoms with E-state index in [1.807, 2.05) is 9.48 Å². The summed E-state index contributed by atoms with van der Waals surface area (Å²) in [5.74, 6) is -2.31. The minimum Gasteiger partial charge on any atom is -0.748 e. The number of rotatable bonds is 35. The van der Waals surface area contributed by atoms with Gasteiger partial charge in [0.05, 0.1) is 94.9 Å². The van der Waals surface area contributed by atoms with Gasteiger partial charge in [-0.05, 0) is 94.3 Å². The second-order valence-corrected chi connectivity index (χ2v) is 23.5. The maximum atomic E-state index is 12.2. The highest BCUT2D eigenvalue weighted by molar-refractivity contribution is 7.86. The molecule has 2 aliphatic rings. The lowest BCUT2D eigenvalue weighted by atomic mass is 9.76. The van der Waals surface area contributed by atoms with Crippen molar-refractivity contribution in [2.45, 2.75) is 85.8 Å². The highest BCUT2D eigenvalue weighted by Crippen LogP contribution is 2.51. The van der Waals surface area contributed by atoms with Gasteiger partial charge in [-0.15, -0.1) is 0 Å². The fraction of sp³-hybridized carbons (Fsp3) is 0.542. The predicted octanol–water partition coefficient (Wildman–Crippen LogP) is 4.19. The summed E-state index contributed by atoms with van der Waals surface area (Å²) in [6.45, 7) is 7.22. The standard InChI is InChI=1S/C48H68N2O19S4/c1-47(21-12-34-70(53,54)55)40-36-38(72(59,60)61)17-19-42(40)49(23-11-7-10-16-46(51)52)44(47)14-8-5-4-6-9-15-45-48(2,22-13-35-71(56,57)58)41-37-39(73(62,63)64)18-20-43(41)50(45)24-25-66-28-29-68-32-33-69-31-30-67-27-26-65-3/h4-6,8-9,14-15,17-20,36-37H,7,10-13,16,21-35H2,1-3H3,(H4-,51,52,53,54,55,56,57,58,59,60,61,62,63,64)/p-3. The number of ether oxygens (including phenoxy) is 5. The number of nitrogens with zero attached hydrogens (tertiary/aromatic N) is 2. The Morgan fingerprint density at radius 2 is 1.14 bits per heavy atom. The molecule has 0 bridgehead atoms. The first-order chi connectivity index (χ1) is 34.3. The maximum absolute atomic E-state index is 12.2. The van der Waals surface area contributed by atoms with E-state index in [4.69, 9.17) is 28.8 Å². The Labute approximate surface area is 429 Å². The van der Waals surface area contributed by atoms with Crippen LogP contribution >= 0.6 is 0 Å². The molecule has 0 aliphatic carbocycles. The number of hydrogen-bond donors (Lipinski definition) is 1. The average Bonchev–Trinajstić information content (AvgIpc) is 3.66. The molecular weight excluding hydrogens is 1040 g/mol. The van der Waals surface area contributed by atoms with E-state index >= 15 is 0 Å². The van der Waals surface area contributed by atoms with Gasteiger partial charge in [0.1, 0.15) is 26.8 Å². The smallest absolute Gasteiger partial charge is 0.303 e. The predicted molar refractivity (Wildman–Crippen MR) is 265 cm³/mol. The van der Waals surface area contributed by atoms with Crippen LogP contribution in [0.15, 0.2) is 94.4 Å². The van der Waals surface area contributed by atoms with Crippen molar-refractivity contribution in [2.75, 3.05) is 96.1 Å².